The number of nitrogens with one attached hydrogen (secondary N) is 1. The predicted octanol–water partition coefficient (Wildman–Crippen LogP) is 1.49. The summed E-state index contributed by atoms with van der Waals surface area (Å²) in [6, 6.07) is 5.53. The van der Waals surface area contributed by atoms with Crippen LogP contribution in [0, 0.1) is 0 Å². The van der Waals surface area contributed by atoms with E-state index in [2.05, 4.69) is 4.72 Å². The van der Waals surface area contributed by atoms with Crippen LogP contribution in [0.2, 0.25) is 0 Å². The quantitative estimate of drug-likeness (QED) is 0.823. The fourth-order valence-electron chi connectivity index (χ4n) is 1.44. The first-order valence-electron chi connectivity index (χ1n) is 5.69. The van der Waals surface area contributed by atoms with Gasteiger partial charge in [-0.1, -0.05) is 6.07 Å². The molecule has 0 aromatic heterocycles. The number of phenols is 1. The fourth-order valence-corrected chi connectivity index (χ4v) is 2.68. The molecule has 0 saturated carbocycles. The molecule has 1 rings (SSSR count). The Morgan fingerprint density at radius 3 is 2.61 bits per heavy atom. The number of rotatable bonds is 6. The van der Waals surface area contributed by atoms with Crippen LogP contribution in [0.4, 0.5) is 0 Å². The van der Waals surface area contributed by atoms with E-state index in [1.807, 2.05) is 20.8 Å². The molecule has 102 valence electrons. The van der Waals surface area contributed by atoms with E-state index in [1.54, 1.807) is 0 Å². The summed E-state index contributed by atoms with van der Waals surface area (Å²) in [4.78, 5) is 0.0369. The van der Waals surface area contributed by atoms with Gasteiger partial charge in [-0.3, -0.25) is 0 Å². The maximum atomic E-state index is 12.0. The van der Waals surface area contributed by atoms with Gasteiger partial charge < -0.3 is 9.84 Å². The van der Waals surface area contributed by atoms with Crippen molar-refractivity contribution < 1.29 is 18.3 Å². The minimum Gasteiger partial charge on any atom is -0.508 e. The van der Waals surface area contributed by atoms with Crippen molar-refractivity contribution in [3.8, 4) is 5.75 Å². The predicted molar refractivity (Wildman–Crippen MR) is 69.0 cm³/mol. The van der Waals surface area contributed by atoms with Crippen LogP contribution < -0.4 is 4.72 Å². The topological polar surface area (TPSA) is 75.6 Å². The standard InChI is InChI=1S/C12H19NO4S/c1-4-17-12(2,3)9-13-18(15,16)11-7-5-6-10(14)8-11/h5-8,13-14H,4,9H2,1-3H3. The van der Waals surface area contributed by atoms with Gasteiger partial charge in [-0.05, 0) is 39.0 Å². The summed E-state index contributed by atoms with van der Waals surface area (Å²) in [5.74, 6) is -0.0815. The van der Waals surface area contributed by atoms with Crippen molar-refractivity contribution >= 4 is 10.0 Å². The lowest BCUT2D eigenvalue weighted by molar-refractivity contribution is -0.00514. The van der Waals surface area contributed by atoms with Crippen LogP contribution in [0.3, 0.4) is 0 Å². The molecular weight excluding hydrogens is 254 g/mol. The van der Waals surface area contributed by atoms with Gasteiger partial charge in [0.15, 0.2) is 0 Å². The van der Waals surface area contributed by atoms with Crippen molar-refractivity contribution in [3.05, 3.63) is 24.3 Å². The zero-order chi connectivity index (χ0) is 13.8. The van der Waals surface area contributed by atoms with Gasteiger partial charge in [-0.15, -0.1) is 0 Å². The highest BCUT2D eigenvalue weighted by Gasteiger charge is 2.22. The number of hydrogen-bond donors (Lipinski definition) is 2. The second-order valence-corrected chi connectivity index (χ2v) is 6.28. The second-order valence-electron chi connectivity index (χ2n) is 4.51. The first-order chi connectivity index (χ1) is 8.27. The average molecular weight is 273 g/mol. The van der Waals surface area contributed by atoms with Crippen LogP contribution in [0.15, 0.2) is 29.2 Å². The van der Waals surface area contributed by atoms with Crippen LogP contribution in [-0.4, -0.2) is 32.3 Å². The highest BCUT2D eigenvalue weighted by molar-refractivity contribution is 7.89. The Hall–Kier alpha value is -1.11. The summed E-state index contributed by atoms with van der Waals surface area (Å²) < 4.78 is 31.8. The van der Waals surface area contributed by atoms with Gasteiger partial charge in [0.2, 0.25) is 10.0 Å². The SMILES string of the molecule is CCOC(C)(C)CNS(=O)(=O)c1cccc(O)c1. The van der Waals surface area contributed by atoms with Crippen LogP contribution in [0.25, 0.3) is 0 Å². The molecule has 0 bridgehead atoms. The summed E-state index contributed by atoms with van der Waals surface area (Å²) in [6.45, 7) is 6.15. The van der Waals surface area contributed by atoms with Gasteiger partial charge in [0.1, 0.15) is 5.75 Å². The summed E-state index contributed by atoms with van der Waals surface area (Å²) in [5, 5.41) is 9.27. The van der Waals surface area contributed by atoms with Crippen molar-refractivity contribution in [1.82, 2.24) is 4.72 Å². The van der Waals surface area contributed by atoms with Crippen molar-refractivity contribution in [2.24, 2.45) is 0 Å². The number of ether oxygens (including phenoxy) is 1. The molecule has 0 fully saturated rings. The van der Waals surface area contributed by atoms with Crippen molar-refractivity contribution in [1.29, 1.82) is 0 Å². The van der Waals surface area contributed by atoms with E-state index in [0.717, 1.165) is 0 Å². The number of sulfonamides is 1. The van der Waals surface area contributed by atoms with E-state index in [0.29, 0.717) is 6.61 Å². The second kappa shape index (κ2) is 5.69. The van der Waals surface area contributed by atoms with Crippen molar-refractivity contribution in [3.63, 3.8) is 0 Å². The van der Waals surface area contributed by atoms with E-state index >= 15 is 0 Å². The molecule has 0 aliphatic rings. The molecule has 0 heterocycles. The third-order valence-corrected chi connectivity index (χ3v) is 3.75. The first-order valence-corrected chi connectivity index (χ1v) is 7.18. The lowest BCUT2D eigenvalue weighted by Gasteiger charge is -2.24. The first kappa shape index (κ1) is 14.9. The Labute approximate surface area is 108 Å². The van der Waals surface area contributed by atoms with Gasteiger partial charge in [-0.2, -0.15) is 0 Å². The normalized spacial score (nSPS) is 12.6. The highest BCUT2D eigenvalue weighted by atomic mass is 32.2. The maximum absolute atomic E-state index is 12.0. The highest BCUT2D eigenvalue weighted by Crippen LogP contribution is 2.16. The molecule has 0 unspecified atom stereocenters. The minimum atomic E-state index is -3.62. The molecule has 5 nitrogen and oxygen atoms in total. The Morgan fingerprint density at radius 1 is 1.39 bits per heavy atom. The molecular formula is C12H19NO4S. The zero-order valence-corrected chi connectivity index (χ0v) is 11.6. The molecule has 0 spiro atoms. The average Bonchev–Trinajstić information content (AvgIpc) is 2.27. The smallest absolute Gasteiger partial charge is 0.240 e. The van der Waals surface area contributed by atoms with E-state index in [4.69, 9.17) is 4.74 Å². The van der Waals surface area contributed by atoms with Crippen LogP contribution in [-0.2, 0) is 14.8 Å². The number of phenolic OH excluding ortho intramolecular Hbond substituents is 1. The molecule has 18 heavy (non-hydrogen) atoms. The van der Waals surface area contributed by atoms with Crippen LogP contribution in [0.1, 0.15) is 20.8 Å². The van der Waals surface area contributed by atoms with Crippen molar-refractivity contribution in [2.45, 2.75) is 31.3 Å². The molecule has 1 aromatic carbocycles. The van der Waals surface area contributed by atoms with Gasteiger partial charge in [0.25, 0.3) is 0 Å². The summed E-state index contributed by atoms with van der Waals surface area (Å²) in [5.41, 5.74) is -0.571. The largest absolute Gasteiger partial charge is 0.508 e. The third kappa shape index (κ3) is 4.29. The molecule has 0 saturated heterocycles. The van der Waals surface area contributed by atoms with Gasteiger partial charge in [0, 0.05) is 13.2 Å². The van der Waals surface area contributed by atoms with Crippen LogP contribution >= 0.6 is 0 Å². The number of benzene rings is 1. The fraction of sp³-hybridized carbons (Fsp3) is 0.500. The molecule has 0 aliphatic heterocycles. The number of hydrogen-bond acceptors (Lipinski definition) is 4. The summed E-state index contributed by atoms with van der Waals surface area (Å²) >= 11 is 0. The Kier molecular flexibility index (Phi) is 4.72. The zero-order valence-electron chi connectivity index (χ0n) is 10.8. The Bertz CT molecular complexity index is 497. The van der Waals surface area contributed by atoms with Gasteiger partial charge in [0.05, 0.1) is 10.5 Å². The van der Waals surface area contributed by atoms with E-state index in [9.17, 15) is 13.5 Å². The van der Waals surface area contributed by atoms with E-state index in [1.165, 1.54) is 24.3 Å². The summed E-state index contributed by atoms with van der Waals surface area (Å²) in [7, 11) is -3.62. The van der Waals surface area contributed by atoms with E-state index in [-0.39, 0.29) is 17.2 Å². The molecule has 0 atom stereocenters. The molecule has 2 N–H and O–H groups in total. The van der Waals surface area contributed by atoms with E-state index < -0.39 is 15.6 Å². The summed E-state index contributed by atoms with van der Waals surface area (Å²) in [6.07, 6.45) is 0. The Morgan fingerprint density at radius 2 is 2.06 bits per heavy atom. The maximum Gasteiger partial charge on any atom is 0.240 e. The Balaban J connectivity index is 2.78. The molecule has 0 amide bonds. The van der Waals surface area contributed by atoms with Crippen molar-refractivity contribution in [2.75, 3.05) is 13.2 Å². The molecule has 0 aliphatic carbocycles. The van der Waals surface area contributed by atoms with Crippen LogP contribution in [0.5, 0.6) is 5.75 Å². The number of aromatic hydroxyl groups is 1. The molecule has 6 heteroatoms. The molecule has 1 aromatic rings. The lowest BCUT2D eigenvalue weighted by atomic mass is 10.1. The van der Waals surface area contributed by atoms with Gasteiger partial charge >= 0.3 is 0 Å². The molecule has 0 radical (unpaired) electrons. The lowest BCUT2D eigenvalue weighted by Crippen LogP contribution is -2.40. The monoisotopic (exact) mass is 273 g/mol. The van der Waals surface area contributed by atoms with Gasteiger partial charge in [-0.25, -0.2) is 13.1 Å². The minimum absolute atomic E-state index is 0.0369. The third-order valence-electron chi connectivity index (χ3n) is 2.35.